The van der Waals surface area contributed by atoms with Crippen molar-refractivity contribution in [2.75, 3.05) is 6.54 Å². The van der Waals surface area contributed by atoms with Gasteiger partial charge < -0.3 is 5.11 Å². The Morgan fingerprint density at radius 2 is 2.03 bits per heavy atom. The van der Waals surface area contributed by atoms with Crippen molar-refractivity contribution in [1.82, 2.24) is 4.68 Å². The lowest BCUT2D eigenvalue weighted by atomic mass is 10.1. The first-order chi connectivity index (χ1) is 14.3. The summed E-state index contributed by atoms with van der Waals surface area (Å²) in [5.41, 5.74) is 2.91. The van der Waals surface area contributed by atoms with Crippen LogP contribution in [0, 0.1) is 10.1 Å². The molecule has 10 heteroatoms. The number of aromatic nitrogens is 1. The van der Waals surface area contributed by atoms with Crippen molar-refractivity contribution < 1.29 is 10.0 Å². The lowest BCUT2D eigenvalue weighted by Crippen LogP contribution is -2.13. The van der Waals surface area contributed by atoms with E-state index in [4.69, 9.17) is 0 Å². The van der Waals surface area contributed by atoms with Crippen molar-refractivity contribution in [3.05, 3.63) is 83.4 Å². The van der Waals surface area contributed by atoms with Crippen LogP contribution in [0.2, 0.25) is 0 Å². The Morgan fingerprint density at radius 3 is 2.67 bits per heavy atom. The van der Waals surface area contributed by atoms with Crippen LogP contribution < -0.4 is 4.80 Å². The molecule has 3 aromatic rings. The molecule has 0 saturated carbocycles. The highest BCUT2D eigenvalue weighted by atomic mass is 79.9. The molecule has 0 atom stereocenters. The summed E-state index contributed by atoms with van der Waals surface area (Å²) in [6.07, 6.45) is 1.53. The molecule has 0 amide bonds. The summed E-state index contributed by atoms with van der Waals surface area (Å²) in [4.78, 5) is 15.7. The van der Waals surface area contributed by atoms with E-state index in [9.17, 15) is 15.2 Å². The number of nitrogens with zero attached hydrogens (tertiary/aromatic N) is 4. The number of phenols is 1. The topological polar surface area (TPSA) is 93.0 Å². The standard InChI is InChI=1S/C20H16Br2N4O3S/c1-12(2)9-23-20-25(24-10-14-7-15(21)8-17(22)19(14)27)18(11-30-20)13-3-5-16(6-4-13)26(28)29/h3-8,10-11,27H,1,9H2,2H3. The van der Waals surface area contributed by atoms with E-state index in [2.05, 4.69) is 48.5 Å². The Kier molecular flexibility index (Phi) is 7.01. The molecule has 1 aromatic heterocycles. The molecule has 0 unspecified atom stereocenters. The molecule has 1 N–H and O–H groups in total. The maximum Gasteiger partial charge on any atom is 0.269 e. The number of halogens is 2. The summed E-state index contributed by atoms with van der Waals surface area (Å²) in [6, 6.07) is 9.71. The fourth-order valence-corrected chi connectivity index (χ4v) is 4.57. The summed E-state index contributed by atoms with van der Waals surface area (Å²) >= 11 is 8.11. The lowest BCUT2D eigenvalue weighted by molar-refractivity contribution is -0.384. The predicted molar refractivity (Wildman–Crippen MR) is 126 cm³/mol. The molecular formula is C20H16Br2N4O3S. The van der Waals surface area contributed by atoms with Crippen LogP contribution in [0.25, 0.3) is 11.3 Å². The molecule has 1 heterocycles. The summed E-state index contributed by atoms with van der Waals surface area (Å²) in [6.45, 7) is 6.21. The van der Waals surface area contributed by atoms with Crippen LogP contribution in [0.5, 0.6) is 5.75 Å². The Morgan fingerprint density at radius 1 is 1.33 bits per heavy atom. The van der Waals surface area contributed by atoms with Crippen molar-refractivity contribution in [3.63, 3.8) is 0 Å². The second-order valence-electron chi connectivity index (χ2n) is 6.36. The zero-order chi connectivity index (χ0) is 21.8. The quantitative estimate of drug-likeness (QED) is 0.184. The predicted octanol–water partition coefficient (Wildman–Crippen LogP) is 5.71. The highest BCUT2D eigenvalue weighted by Gasteiger charge is 2.11. The van der Waals surface area contributed by atoms with E-state index in [1.807, 2.05) is 12.3 Å². The van der Waals surface area contributed by atoms with Gasteiger partial charge in [0.1, 0.15) is 5.75 Å². The zero-order valence-electron chi connectivity index (χ0n) is 15.7. The second kappa shape index (κ2) is 9.50. The first kappa shape index (κ1) is 22.1. The van der Waals surface area contributed by atoms with Gasteiger partial charge in [-0.1, -0.05) is 28.1 Å². The van der Waals surface area contributed by atoms with Crippen molar-refractivity contribution >= 4 is 55.1 Å². The second-order valence-corrected chi connectivity index (χ2v) is 8.97. The SMILES string of the molecule is C=C(C)CN=c1scc(-c2ccc([N+](=O)[O-])cc2)n1N=Cc1cc(Br)cc(Br)c1O. The van der Waals surface area contributed by atoms with Gasteiger partial charge in [-0.15, -0.1) is 11.3 Å². The van der Waals surface area contributed by atoms with Crippen LogP contribution in [-0.2, 0) is 0 Å². The molecule has 3 rings (SSSR count). The molecule has 30 heavy (non-hydrogen) atoms. The van der Waals surface area contributed by atoms with E-state index < -0.39 is 4.92 Å². The number of rotatable bonds is 6. The minimum absolute atomic E-state index is 0.0140. The van der Waals surface area contributed by atoms with Crippen molar-refractivity contribution in [2.45, 2.75) is 6.92 Å². The number of phenolic OH excluding ortho intramolecular Hbond substituents is 1. The highest BCUT2D eigenvalue weighted by Crippen LogP contribution is 2.31. The summed E-state index contributed by atoms with van der Waals surface area (Å²) < 4.78 is 2.96. The molecule has 0 aliphatic heterocycles. The van der Waals surface area contributed by atoms with E-state index in [-0.39, 0.29) is 11.4 Å². The minimum atomic E-state index is -0.439. The molecule has 0 spiro atoms. The third kappa shape index (κ3) is 5.13. The summed E-state index contributed by atoms with van der Waals surface area (Å²) in [5.74, 6) is 0.0649. The molecule has 0 radical (unpaired) electrons. The molecule has 0 fully saturated rings. The van der Waals surface area contributed by atoms with Gasteiger partial charge in [-0.3, -0.25) is 15.1 Å². The molecule has 0 saturated heterocycles. The third-order valence-electron chi connectivity index (χ3n) is 3.91. The molecule has 0 aliphatic rings. The van der Waals surface area contributed by atoms with Gasteiger partial charge >= 0.3 is 0 Å². The van der Waals surface area contributed by atoms with Gasteiger partial charge in [-0.05, 0) is 47.1 Å². The van der Waals surface area contributed by atoms with E-state index in [1.165, 1.54) is 29.7 Å². The van der Waals surface area contributed by atoms with Gasteiger partial charge in [0.25, 0.3) is 5.69 Å². The smallest absolute Gasteiger partial charge is 0.269 e. The van der Waals surface area contributed by atoms with Gasteiger partial charge in [0.15, 0.2) is 0 Å². The Labute approximate surface area is 193 Å². The van der Waals surface area contributed by atoms with Crippen LogP contribution in [0.15, 0.2) is 73.0 Å². The first-order valence-electron chi connectivity index (χ1n) is 8.59. The number of non-ortho nitro benzene ring substituents is 1. The van der Waals surface area contributed by atoms with E-state index >= 15 is 0 Å². The normalized spacial score (nSPS) is 11.9. The van der Waals surface area contributed by atoms with E-state index in [0.717, 1.165) is 21.3 Å². The maximum atomic E-state index is 10.9. The zero-order valence-corrected chi connectivity index (χ0v) is 19.7. The Balaban J connectivity index is 2.11. The van der Waals surface area contributed by atoms with Crippen LogP contribution in [0.1, 0.15) is 12.5 Å². The van der Waals surface area contributed by atoms with Crippen LogP contribution in [0.3, 0.4) is 0 Å². The number of thiazole rings is 1. The Bertz CT molecular complexity index is 1210. The molecule has 7 nitrogen and oxygen atoms in total. The average Bonchev–Trinajstić information content (AvgIpc) is 3.10. The number of hydrogen-bond acceptors (Lipinski definition) is 6. The first-order valence-corrected chi connectivity index (χ1v) is 11.1. The number of aromatic hydroxyl groups is 1. The number of nitro benzene ring substituents is 1. The van der Waals surface area contributed by atoms with E-state index in [0.29, 0.717) is 21.4 Å². The molecule has 154 valence electrons. The van der Waals surface area contributed by atoms with Gasteiger partial charge in [0.2, 0.25) is 4.80 Å². The van der Waals surface area contributed by atoms with Crippen LogP contribution in [-0.4, -0.2) is 27.5 Å². The molecule has 0 aliphatic carbocycles. The highest BCUT2D eigenvalue weighted by molar-refractivity contribution is 9.11. The third-order valence-corrected chi connectivity index (χ3v) is 5.83. The van der Waals surface area contributed by atoms with Gasteiger partial charge in [-0.2, -0.15) is 5.10 Å². The van der Waals surface area contributed by atoms with Crippen molar-refractivity contribution in [3.8, 4) is 17.0 Å². The van der Waals surface area contributed by atoms with E-state index in [1.54, 1.807) is 28.9 Å². The molecule has 0 bridgehead atoms. The lowest BCUT2D eigenvalue weighted by Gasteiger charge is -2.05. The monoisotopic (exact) mass is 550 g/mol. The average molecular weight is 552 g/mol. The van der Waals surface area contributed by atoms with Crippen molar-refractivity contribution in [1.29, 1.82) is 0 Å². The number of nitro groups is 1. The summed E-state index contributed by atoms with van der Waals surface area (Å²) in [5, 5.41) is 27.7. The minimum Gasteiger partial charge on any atom is -0.506 e. The largest absolute Gasteiger partial charge is 0.506 e. The summed E-state index contributed by atoms with van der Waals surface area (Å²) in [7, 11) is 0. The maximum absolute atomic E-state index is 10.9. The van der Waals surface area contributed by atoms with Gasteiger partial charge in [0, 0.05) is 33.1 Å². The number of hydrogen-bond donors (Lipinski definition) is 1. The Hall–Kier alpha value is -2.56. The van der Waals surface area contributed by atoms with Crippen LogP contribution in [0.4, 0.5) is 5.69 Å². The van der Waals surface area contributed by atoms with Gasteiger partial charge in [0.05, 0.1) is 27.8 Å². The van der Waals surface area contributed by atoms with Gasteiger partial charge in [-0.25, -0.2) is 4.68 Å². The molecular weight excluding hydrogens is 536 g/mol. The fraction of sp³-hybridized carbons (Fsp3) is 0.100. The number of benzene rings is 2. The fourth-order valence-electron chi connectivity index (χ4n) is 2.48. The molecule has 2 aromatic carbocycles. The van der Waals surface area contributed by atoms with Crippen molar-refractivity contribution in [2.24, 2.45) is 10.1 Å². The van der Waals surface area contributed by atoms with Crippen LogP contribution >= 0.6 is 43.2 Å².